The van der Waals surface area contributed by atoms with Crippen LogP contribution in [0.2, 0.25) is 0 Å². The molecule has 26 heavy (non-hydrogen) atoms. The Labute approximate surface area is 164 Å². The third-order valence-corrected chi connectivity index (χ3v) is 6.14. The van der Waals surface area contributed by atoms with E-state index in [4.69, 9.17) is 17.0 Å². The van der Waals surface area contributed by atoms with Gasteiger partial charge in [0.15, 0.2) is 5.11 Å². The zero-order valence-electron chi connectivity index (χ0n) is 15.4. The molecule has 0 unspecified atom stereocenters. The summed E-state index contributed by atoms with van der Waals surface area (Å²) in [6, 6.07) is 6.08. The van der Waals surface area contributed by atoms with Crippen molar-refractivity contribution in [1.29, 1.82) is 0 Å². The fraction of sp³-hybridized carbons (Fsp3) is 0.400. The minimum atomic E-state index is -0.260. The summed E-state index contributed by atoms with van der Waals surface area (Å²) in [5.41, 5.74) is 5.14. The number of anilines is 2. The number of thiophene rings is 1. The van der Waals surface area contributed by atoms with Gasteiger partial charge in [0.25, 0.3) is 0 Å². The Bertz CT molecular complexity index is 843. The zero-order chi connectivity index (χ0) is 18.7. The van der Waals surface area contributed by atoms with Crippen molar-refractivity contribution < 1.29 is 9.53 Å². The van der Waals surface area contributed by atoms with Crippen LogP contribution in [0, 0.1) is 13.8 Å². The van der Waals surface area contributed by atoms with Gasteiger partial charge in [0.1, 0.15) is 5.00 Å². The van der Waals surface area contributed by atoms with E-state index in [-0.39, 0.29) is 5.97 Å². The van der Waals surface area contributed by atoms with Crippen molar-refractivity contribution >= 4 is 45.3 Å². The van der Waals surface area contributed by atoms with E-state index < -0.39 is 0 Å². The molecule has 0 amide bonds. The number of benzene rings is 1. The van der Waals surface area contributed by atoms with Gasteiger partial charge in [-0.05, 0) is 81.4 Å². The maximum Gasteiger partial charge on any atom is 0.341 e. The van der Waals surface area contributed by atoms with Crippen molar-refractivity contribution in [1.82, 2.24) is 0 Å². The topological polar surface area (TPSA) is 50.4 Å². The largest absolute Gasteiger partial charge is 0.462 e. The van der Waals surface area contributed by atoms with Gasteiger partial charge in [0.2, 0.25) is 0 Å². The van der Waals surface area contributed by atoms with Gasteiger partial charge in [0, 0.05) is 10.6 Å². The van der Waals surface area contributed by atoms with E-state index in [2.05, 4.69) is 30.5 Å². The highest BCUT2D eigenvalue weighted by atomic mass is 32.1. The normalized spacial score (nSPS) is 13.0. The van der Waals surface area contributed by atoms with Crippen LogP contribution in [-0.4, -0.2) is 17.7 Å². The molecule has 2 N–H and O–H groups in total. The molecule has 0 saturated heterocycles. The minimum Gasteiger partial charge on any atom is -0.462 e. The standard InChI is InChI=1S/C20H24N2O2S2/c1-4-24-19(23)17-14-9-5-6-11-16(14)26-18(17)22-20(25)21-15-10-7-8-12(2)13(15)3/h7-8,10H,4-6,9,11H2,1-3H3,(H2,21,22,25). The molecule has 4 nitrogen and oxygen atoms in total. The lowest BCUT2D eigenvalue weighted by Crippen LogP contribution is -2.21. The number of ether oxygens (including phenoxy) is 1. The van der Waals surface area contributed by atoms with Crippen LogP contribution in [0.3, 0.4) is 0 Å². The van der Waals surface area contributed by atoms with Crippen LogP contribution in [0.5, 0.6) is 0 Å². The smallest absolute Gasteiger partial charge is 0.341 e. The van der Waals surface area contributed by atoms with E-state index in [1.54, 1.807) is 11.3 Å². The number of thiocarbonyl (C=S) groups is 1. The second kappa shape index (κ2) is 8.18. The Kier molecular flexibility index (Phi) is 5.94. The van der Waals surface area contributed by atoms with Crippen molar-refractivity contribution in [2.45, 2.75) is 46.5 Å². The van der Waals surface area contributed by atoms with Crippen molar-refractivity contribution in [3.63, 3.8) is 0 Å². The lowest BCUT2D eigenvalue weighted by molar-refractivity contribution is 0.0526. The van der Waals surface area contributed by atoms with Crippen LogP contribution < -0.4 is 10.6 Å². The third-order valence-electron chi connectivity index (χ3n) is 4.73. The average molecular weight is 389 g/mol. The molecule has 0 radical (unpaired) electrons. The Morgan fingerprint density at radius 2 is 2.00 bits per heavy atom. The number of carbonyl (C=O) groups excluding carboxylic acids is 1. The lowest BCUT2D eigenvalue weighted by atomic mass is 9.95. The minimum absolute atomic E-state index is 0.260. The Morgan fingerprint density at radius 3 is 2.77 bits per heavy atom. The van der Waals surface area contributed by atoms with Gasteiger partial charge in [-0.3, -0.25) is 0 Å². The highest BCUT2D eigenvalue weighted by molar-refractivity contribution is 7.80. The molecule has 1 aliphatic rings. The molecule has 1 aromatic heterocycles. The van der Waals surface area contributed by atoms with Gasteiger partial charge in [-0.15, -0.1) is 11.3 Å². The number of nitrogens with one attached hydrogen (secondary N) is 2. The van der Waals surface area contributed by atoms with Gasteiger partial charge in [0.05, 0.1) is 12.2 Å². The first-order chi connectivity index (χ1) is 12.5. The first-order valence-electron chi connectivity index (χ1n) is 8.97. The first-order valence-corrected chi connectivity index (χ1v) is 10.2. The van der Waals surface area contributed by atoms with Crippen LogP contribution >= 0.6 is 23.6 Å². The van der Waals surface area contributed by atoms with Crippen molar-refractivity contribution in [2.75, 3.05) is 17.2 Å². The quantitative estimate of drug-likeness (QED) is 0.555. The van der Waals surface area contributed by atoms with Gasteiger partial charge < -0.3 is 15.4 Å². The summed E-state index contributed by atoms with van der Waals surface area (Å²) in [6.45, 7) is 6.34. The Balaban J connectivity index is 1.84. The van der Waals surface area contributed by atoms with Crippen LogP contribution in [0.1, 0.15) is 51.7 Å². The molecule has 0 atom stereocenters. The number of hydrogen-bond acceptors (Lipinski definition) is 4. The Hall–Kier alpha value is -1.92. The predicted octanol–water partition coefficient (Wildman–Crippen LogP) is 5.23. The average Bonchev–Trinajstić information content (AvgIpc) is 2.97. The van der Waals surface area contributed by atoms with Gasteiger partial charge >= 0.3 is 5.97 Å². The van der Waals surface area contributed by atoms with E-state index in [1.807, 2.05) is 19.1 Å². The number of aryl methyl sites for hydroxylation is 2. The van der Waals surface area contributed by atoms with Gasteiger partial charge in [-0.2, -0.15) is 0 Å². The number of hydrogen-bond donors (Lipinski definition) is 2. The highest BCUT2D eigenvalue weighted by Crippen LogP contribution is 2.38. The molecule has 1 aromatic carbocycles. The highest BCUT2D eigenvalue weighted by Gasteiger charge is 2.26. The molecule has 2 aromatic rings. The summed E-state index contributed by atoms with van der Waals surface area (Å²) in [7, 11) is 0. The van der Waals surface area contributed by atoms with Crippen LogP contribution in [0.25, 0.3) is 0 Å². The summed E-state index contributed by atoms with van der Waals surface area (Å²) in [5, 5.41) is 7.77. The molecule has 0 aliphatic heterocycles. The van der Waals surface area contributed by atoms with Crippen LogP contribution in [0.4, 0.5) is 10.7 Å². The zero-order valence-corrected chi connectivity index (χ0v) is 17.0. The van der Waals surface area contributed by atoms with Crippen LogP contribution in [0.15, 0.2) is 18.2 Å². The monoisotopic (exact) mass is 388 g/mol. The SMILES string of the molecule is CCOC(=O)c1c(NC(=S)Nc2cccc(C)c2C)sc2c1CCCC2. The molecule has 138 valence electrons. The fourth-order valence-electron chi connectivity index (χ4n) is 3.22. The van der Waals surface area contributed by atoms with E-state index in [9.17, 15) is 4.79 Å². The number of carbonyl (C=O) groups is 1. The molecule has 1 aliphatic carbocycles. The van der Waals surface area contributed by atoms with Gasteiger partial charge in [-0.1, -0.05) is 12.1 Å². The second-order valence-corrected chi connectivity index (χ2v) is 7.98. The van der Waals surface area contributed by atoms with E-state index in [0.29, 0.717) is 17.3 Å². The summed E-state index contributed by atoms with van der Waals surface area (Å²) in [4.78, 5) is 13.8. The fourth-order valence-corrected chi connectivity index (χ4v) is 4.77. The molecular formula is C20H24N2O2S2. The van der Waals surface area contributed by atoms with Gasteiger partial charge in [-0.25, -0.2) is 4.79 Å². The number of rotatable bonds is 4. The molecule has 6 heteroatoms. The van der Waals surface area contributed by atoms with Crippen molar-refractivity contribution in [2.24, 2.45) is 0 Å². The molecule has 0 spiro atoms. The summed E-state index contributed by atoms with van der Waals surface area (Å²) in [5.74, 6) is -0.260. The maximum absolute atomic E-state index is 12.5. The summed E-state index contributed by atoms with van der Waals surface area (Å²) < 4.78 is 5.29. The third kappa shape index (κ3) is 3.91. The molecule has 0 bridgehead atoms. The van der Waals surface area contributed by atoms with E-state index in [0.717, 1.165) is 41.1 Å². The lowest BCUT2D eigenvalue weighted by Gasteiger charge is -2.14. The van der Waals surface area contributed by atoms with E-state index >= 15 is 0 Å². The summed E-state index contributed by atoms with van der Waals surface area (Å²) >= 11 is 7.13. The number of esters is 1. The van der Waals surface area contributed by atoms with Crippen LogP contribution in [-0.2, 0) is 17.6 Å². The predicted molar refractivity (Wildman–Crippen MR) is 113 cm³/mol. The molecular weight excluding hydrogens is 364 g/mol. The van der Waals surface area contributed by atoms with Crippen molar-refractivity contribution in [3.05, 3.63) is 45.3 Å². The summed E-state index contributed by atoms with van der Waals surface area (Å²) in [6.07, 6.45) is 4.23. The molecule has 1 heterocycles. The molecule has 0 fully saturated rings. The van der Waals surface area contributed by atoms with Crippen molar-refractivity contribution in [3.8, 4) is 0 Å². The second-order valence-electron chi connectivity index (χ2n) is 6.46. The molecule has 3 rings (SSSR count). The first kappa shape index (κ1) is 18.9. The Morgan fingerprint density at radius 1 is 1.23 bits per heavy atom. The number of fused-ring (bicyclic) bond motifs is 1. The maximum atomic E-state index is 12.5. The molecule has 0 saturated carbocycles. The van der Waals surface area contributed by atoms with E-state index in [1.165, 1.54) is 16.9 Å².